The average Bonchev–Trinajstić information content (AvgIpc) is 2.53. The first-order valence-corrected chi connectivity index (χ1v) is 7.12. The Morgan fingerprint density at radius 2 is 2.00 bits per heavy atom. The summed E-state index contributed by atoms with van der Waals surface area (Å²) in [5.41, 5.74) is 5.09. The molecule has 3 rings (SSSR count). The summed E-state index contributed by atoms with van der Waals surface area (Å²) in [5.74, 6) is -0.624. The molecule has 1 aliphatic heterocycles. The first-order valence-electron chi connectivity index (χ1n) is 7.12. The predicted molar refractivity (Wildman–Crippen MR) is 80.9 cm³/mol. The van der Waals surface area contributed by atoms with Crippen LogP contribution in [0.5, 0.6) is 0 Å². The fraction of sp³-hybridized carbons (Fsp3) is 0.429. The van der Waals surface area contributed by atoms with Crippen molar-refractivity contribution >= 4 is 17.1 Å². The Labute approximate surface area is 125 Å². The van der Waals surface area contributed by atoms with Crippen molar-refractivity contribution in [2.24, 2.45) is 12.8 Å². The Morgan fingerprint density at radius 1 is 1.32 bits per heavy atom. The summed E-state index contributed by atoms with van der Waals surface area (Å²) in [4.78, 5) is 40.1. The molecule has 22 heavy (non-hydrogen) atoms. The molecule has 1 aliphatic rings. The first-order chi connectivity index (χ1) is 10.5. The molecule has 0 atom stereocenters. The third-order valence-electron chi connectivity index (χ3n) is 4.10. The van der Waals surface area contributed by atoms with Crippen LogP contribution in [0.3, 0.4) is 0 Å². The van der Waals surface area contributed by atoms with Crippen molar-refractivity contribution < 1.29 is 4.79 Å². The number of nitrogens with one attached hydrogen (secondary N) is 1. The highest BCUT2D eigenvalue weighted by Gasteiger charge is 2.22. The van der Waals surface area contributed by atoms with Gasteiger partial charge in [0.2, 0.25) is 5.91 Å². The van der Waals surface area contributed by atoms with Gasteiger partial charge in [-0.2, -0.15) is 0 Å². The van der Waals surface area contributed by atoms with E-state index in [1.807, 2.05) is 0 Å². The molecule has 8 heteroatoms. The number of rotatable bonds is 2. The lowest BCUT2D eigenvalue weighted by atomic mass is 10.1. The Hall–Kier alpha value is -2.48. The maximum Gasteiger partial charge on any atom is 0.318 e. The summed E-state index contributed by atoms with van der Waals surface area (Å²) in [6.45, 7) is 1.57. The standard InChI is InChI=1S/C14H17N5O3/c1-18-10-6-8(11(15)20)7-17-12(10)19(14(22)13(18)21)9-2-4-16-5-3-9/h6-7,9,16H,2-5H2,1H3,(H2,15,20). The van der Waals surface area contributed by atoms with Gasteiger partial charge in [0.05, 0.1) is 11.1 Å². The van der Waals surface area contributed by atoms with Crippen molar-refractivity contribution in [2.45, 2.75) is 18.9 Å². The lowest BCUT2D eigenvalue weighted by Gasteiger charge is -2.25. The lowest BCUT2D eigenvalue weighted by Crippen LogP contribution is -2.44. The van der Waals surface area contributed by atoms with Gasteiger partial charge in [-0.3, -0.25) is 19.0 Å². The van der Waals surface area contributed by atoms with Crippen molar-refractivity contribution in [3.8, 4) is 0 Å². The summed E-state index contributed by atoms with van der Waals surface area (Å²) < 4.78 is 2.68. The summed E-state index contributed by atoms with van der Waals surface area (Å²) in [6, 6.07) is 1.43. The Balaban J connectivity index is 2.33. The maximum absolute atomic E-state index is 12.4. The minimum absolute atomic E-state index is 0.0721. The molecule has 1 saturated heterocycles. The van der Waals surface area contributed by atoms with Gasteiger partial charge in [-0.1, -0.05) is 0 Å². The Bertz CT molecular complexity index is 861. The SMILES string of the molecule is Cn1c(=O)c(=O)n(C2CCNCC2)c2ncc(C(N)=O)cc21. The topological polar surface area (TPSA) is 112 Å². The molecule has 0 spiro atoms. The van der Waals surface area contributed by atoms with Crippen LogP contribution in [0.2, 0.25) is 0 Å². The zero-order valence-corrected chi connectivity index (χ0v) is 12.2. The molecule has 1 fully saturated rings. The van der Waals surface area contributed by atoms with Crippen LogP contribution in [0.4, 0.5) is 0 Å². The van der Waals surface area contributed by atoms with Crippen LogP contribution >= 0.6 is 0 Å². The van der Waals surface area contributed by atoms with E-state index < -0.39 is 17.0 Å². The zero-order valence-electron chi connectivity index (χ0n) is 12.2. The molecule has 116 valence electrons. The van der Waals surface area contributed by atoms with Gasteiger partial charge in [0.15, 0.2) is 5.65 Å². The van der Waals surface area contributed by atoms with E-state index in [0.29, 0.717) is 11.2 Å². The van der Waals surface area contributed by atoms with Gasteiger partial charge in [0.1, 0.15) is 0 Å². The molecule has 2 aromatic rings. The van der Waals surface area contributed by atoms with Crippen LogP contribution in [0.25, 0.3) is 11.2 Å². The fourth-order valence-corrected chi connectivity index (χ4v) is 2.87. The van der Waals surface area contributed by atoms with Crippen LogP contribution in [0, 0.1) is 0 Å². The Kier molecular flexibility index (Phi) is 3.53. The van der Waals surface area contributed by atoms with Crippen molar-refractivity contribution in [3.63, 3.8) is 0 Å². The van der Waals surface area contributed by atoms with Gasteiger partial charge < -0.3 is 15.6 Å². The number of nitrogens with two attached hydrogens (primary N) is 1. The van der Waals surface area contributed by atoms with E-state index >= 15 is 0 Å². The van der Waals surface area contributed by atoms with Crippen molar-refractivity contribution in [2.75, 3.05) is 13.1 Å². The summed E-state index contributed by atoms with van der Waals surface area (Å²) >= 11 is 0. The number of hydrogen-bond acceptors (Lipinski definition) is 5. The second-order valence-electron chi connectivity index (χ2n) is 5.45. The number of hydrogen-bond donors (Lipinski definition) is 2. The molecule has 3 heterocycles. The third-order valence-corrected chi connectivity index (χ3v) is 4.10. The number of aromatic nitrogens is 3. The largest absolute Gasteiger partial charge is 0.366 e. The second-order valence-corrected chi connectivity index (χ2v) is 5.45. The minimum Gasteiger partial charge on any atom is -0.366 e. The second kappa shape index (κ2) is 5.38. The normalized spacial score (nSPS) is 16.0. The van der Waals surface area contributed by atoms with Crippen molar-refractivity contribution in [1.82, 2.24) is 19.4 Å². The van der Waals surface area contributed by atoms with E-state index in [4.69, 9.17) is 5.73 Å². The fourth-order valence-electron chi connectivity index (χ4n) is 2.87. The van der Waals surface area contributed by atoms with Crippen molar-refractivity contribution in [1.29, 1.82) is 0 Å². The molecule has 0 saturated carbocycles. The van der Waals surface area contributed by atoms with Gasteiger partial charge in [-0.15, -0.1) is 0 Å². The first kappa shape index (κ1) is 14.5. The molecule has 3 N–H and O–H groups in total. The van der Waals surface area contributed by atoms with E-state index in [1.165, 1.54) is 28.4 Å². The highest BCUT2D eigenvalue weighted by molar-refractivity contribution is 5.95. The van der Waals surface area contributed by atoms with Crippen LogP contribution in [0.15, 0.2) is 21.9 Å². The summed E-state index contributed by atoms with van der Waals surface area (Å²) in [7, 11) is 1.49. The van der Waals surface area contributed by atoms with E-state index in [-0.39, 0.29) is 11.6 Å². The average molecular weight is 303 g/mol. The molecule has 1 amide bonds. The maximum atomic E-state index is 12.4. The lowest BCUT2D eigenvalue weighted by molar-refractivity contribution is 0.1000. The number of carbonyl (C=O) groups excluding carboxylic acids is 1. The minimum atomic E-state index is -0.630. The van der Waals surface area contributed by atoms with Gasteiger partial charge in [0, 0.05) is 19.3 Å². The van der Waals surface area contributed by atoms with Crippen molar-refractivity contribution in [3.05, 3.63) is 38.5 Å². The van der Waals surface area contributed by atoms with E-state index in [2.05, 4.69) is 10.3 Å². The van der Waals surface area contributed by atoms with Gasteiger partial charge in [-0.25, -0.2) is 4.98 Å². The number of carbonyl (C=O) groups is 1. The van der Waals surface area contributed by atoms with E-state index in [1.54, 1.807) is 0 Å². The highest BCUT2D eigenvalue weighted by atomic mass is 16.2. The molecule has 0 aliphatic carbocycles. The van der Waals surface area contributed by atoms with E-state index in [9.17, 15) is 14.4 Å². The molecule has 0 bridgehead atoms. The quantitative estimate of drug-likeness (QED) is 0.700. The molecular formula is C14H17N5O3. The number of fused-ring (bicyclic) bond motifs is 1. The summed E-state index contributed by atoms with van der Waals surface area (Å²) in [5, 5.41) is 3.22. The number of aryl methyl sites for hydroxylation is 1. The van der Waals surface area contributed by atoms with E-state index in [0.717, 1.165) is 25.9 Å². The third kappa shape index (κ3) is 2.21. The molecule has 0 radical (unpaired) electrons. The van der Waals surface area contributed by atoms with Gasteiger partial charge >= 0.3 is 11.1 Å². The molecule has 2 aromatic heterocycles. The smallest absolute Gasteiger partial charge is 0.318 e. The molecule has 8 nitrogen and oxygen atoms in total. The van der Waals surface area contributed by atoms with Crippen LogP contribution in [-0.4, -0.2) is 33.1 Å². The zero-order chi connectivity index (χ0) is 15.9. The highest BCUT2D eigenvalue weighted by Crippen LogP contribution is 2.20. The van der Waals surface area contributed by atoms with Crippen LogP contribution in [0.1, 0.15) is 29.2 Å². The van der Waals surface area contributed by atoms with Crippen LogP contribution < -0.4 is 22.2 Å². The predicted octanol–water partition coefficient (Wildman–Crippen LogP) is -0.881. The summed E-state index contributed by atoms with van der Waals surface area (Å²) in [6.07, 6.45) is 2.84. The van der Waals surface area contributed by atoms with Crippen LogP contribution in [-0.2, 0) is 7.05 Å². The number of amides is 1. The monoisotopic (exact) mass is 303 g/mol. The number of primary amides is 1. The van der Waals surface area contributed by atoms with Gasteiger partial charge in [0.25, 0.3) is 0 Å². The number of nitrogens with zero attached hydrogens (tertiary/aromatic N) is 3. The molecule has 0 aromatic carbocycles. The number of pyridine rings is 1. The molecular weight excluding hydrogens is 286 g/mol. The number of piperidine rings is 1. The van der Waals surface area contributed by atoms with Gasteiger partial charge in [-0.05, 0) is 32.0 Å². The Morgan fingerprint density at radius 3 is 2.64 bits per heavy atom. The molecule has 0 unspecified atom stereocenters.